The van der Waals surface area contributed by atoms with E-state index >= 15 is 0 Å². The Morgan fingerprint density at radius 1 is 0.860 bits per heavy atom. The van der Waals surface area contributed by atoms with Crippen LogP contribution in [0.25, 0.3) is 0 Å². The molecule has 5 N–H and O–H groups in total. The molecule has 14 heteroatoms. The van der Waals surface area contributed by atoms with Crippen molar-refractivity contribution in [3.8, 4) is 5.75 Å². The predicted octanol–water partition coefficient (Wildman–Crippen LogP) is 4.39. The van der Waals surface area contributed by atoms with Gasteiger partial charge in [0.25, 0.3) is 0 Å². The van der Waals surface area contributed by atoms with Gasteiger partial charge in [0.2, 0.25) is 0 Å². The van der Waals surface area contributed by atoms with Crippen molar-refractivity contribution >= 4 is 6.03 Å². The number of aliphatic hydroxyl groups is 3. The number of ether oxygens (including phenoxy) is 1. The Labute approximate surface area is 240 Å². The molecule has 7 nitrogen and oxygen atoms in total. The monoisotopic (exact) mass is 616 g/mol. The van der Waals surface area contributed by atoms with Crippen LogP contribution >= 0.6 is 0 Å². The quantitative estimate of drug-likeness (QED) is 0.229. The first-order valence-corrected chi connectivity index (χ1v) is 13.0. The Morgan fingerprint density at radius 2 is 1.51 bits per heavy atom. The van der Waals surface area contributed by atoms with Gasteiger partial charge in [-0.3, -0.25) is 0 Å². The van der Waals surface area contributed by atoms with Crippen LogP contribution in [0.2, 0.25) is 0 Å². The molecule has 232 valence electrons. The van der Waals surface area contributed by atoms with Crippen LogP contribution in [0.3, 0.4) is 0 Å². The fourth-order valence-electron chi connectivity index (χ4n) is 5.12. The number of carbonyl (C=O) groups is 1. The molecule has 43 heavy (non-hydrogen) atoms. The molecule has 1 fully saturated rings. The molecule has 0 bridgehead atoms. The second kappa shape index (κ2) is 12.4. The first kappa shape index (κ1) is 32.0. The topological polar surface area (TPSA) is 111 Å². The molecular weight excluding hydrogens is 589 g/mol. The van der Waals surface area contributed by atoms with Crippen LogP contribution in [0.4, 0.5) is 35.5 Å². The van der Waals surface area contributed by atoms with Crippen LogP contribution in [0.15, 0.2) is 72.8 Å². The fourth-order valence-corrected chi connectivity index (χ4v) is 5.12. The SMILES string of the molecule is O=C(N[C@H]1C[C@@H](CO)[C@H](O)[C@@H]1O)N[C@](Cc1ccccc1)(c1ccc(F)cc1)c1cc(F)cc(OC(F)(F)C(F)(F)F)c1. The van der Waals surface area contributed by atoms with Crippen molar-refractivity contribution in [3.05, 3.63) is 101 Å². The zero-order valence-corrected chi connectivity index (χ0v) is 22.2. The summed E-state index contributed by atoms with van der Waals surface area (Å²) < 4.78 is 99.1. The van der Waals surface area contributed by atoms with Gasteiger partial charge in [0.1, 0.15) is 23.5 Å². The fraction of sp³-hybridized carbons (Fsp3) is 0.345. The summed E-state index contributed by atoms with van der Waals surface area (Å²) in [6.45, 7) is -0.486. The van der Waals surface area contributed by atoms with E-state index in [0.717, 1.165) is 18.2 Å². The van der Waals surface area contributed by atoms with Gasteiger partial charge in [-0.1, -0.05) is 42.5 Å². The molecule has 1 aliphatic rings. The third kappa shape index (κ3) is 7.03. The van der Waals surface area contributed by atoms with Crippen LogP contribution in [0.1, 0.15) is 23.1 Å². The van der Waals surface area contributed by atoms with E-state index < -0.39 is 72.0 Å². The zero-order valence-electron chi connectivity index (χ0n) is 22.2. The number of alkyl halides is 5. The van der Waals surface area contributed by atoms with E-state index in [0.29, 0.717) is 17.7 Å². The number of urea groups is 1. The standard InChI is InChI=1S/C29H27F7N2O5/c30-20-8-6-18(7-9-20)27(14-16-4-2-1-3-5-16,38-26(42)37-23-10-17(15-39)24(40)25(23)41)19-11-21(31)13-22(12-19)43-29(35,36)28(32,33)34/h1-9,11-13,17,23-25,39-41H,10,14-15H2,(H2,37,38,42)/t17-,23-,24-,25+,27+/m0/s1. The lowest BCUT2D eigenvalue weighted by atomic mass is 9.77. The summed E-state index contributed by atoms with van der Waals surface area (Å²) in [5, 5.41) is 35.1. The molecular formula is C29H27F7N2O5. The van der Waals surface area contributed by atoms with Crippen molar-refractivity contribution < 1.29 is 55.6 Å². The molecule has 0 aromatic heterocycles. The Morgan fingerprint density at radius 3 is 2.09 bits per heavy atom. The largest absolute Gasteiger partial charge is 0.499 e. The lowest BCUT2D eigenvalue weighted by molar-refractivity contribution is -0.360. The molecule has 0 aliphatic heterocycles. The number of hydrogen-bond acceptors (Lipinski definition) is 5. The maximum atomic E-state index is 14.9. The summed E-state index contributed by atoms with van der Waals surface area (Å²) in [6, 6.07) is 12.3. The number of carbonyl (C=O) groups excluding carboxylic acids is 1. The van der Waals surface area contributed by atoms with Crippen LogP contribution in [0.5, 0.6) is 5.75 Å². The Kier molecular flexibility index (Phi) is 9.23. The lowest BCUT2D eigenvalue weighted by Gasteiger charge is -2.37. The summed E-state index contributed by atoms with van der Waals surface area (Å²) in [5.41, 5.74) is -1.74. The number of rotatable bonds is 9. The van der Waals surface area contributed by atoms with E-state index in [2.05, 4.69) is 15.4 Å². The van der Waals surface area contributed by atoms with Gasteiger partial charge in [-0.25, -0.2) is 13.6 Å². The number of benzene rings is 3. The van der Waals surface area contributed by atoms with Crippen LogP contribution in [-0.4, -0.2) is 58.5 Å². The highest BCUT2D eigenvalue weighted by molar-refractivity contribution is 5.77. The molecule has 5 atom stereocenters. The number of hydrogen-bond donors (Lipinski definition) is 5. The van der Waals surface area contributed by atoms with Crippen LogP contribution in [0, 0.1) is 17.6 Å². The third-order valence-electron chi connectivity index (χ3n) is 7.27. The normalized spacial score (nSPS) is 22.1. The van der Waals surface area contributed by atoms with Crippen LogP contribution in [-0.2, 0) is 12.0 Å². The summed E-state index contributed by atoms with van der Waals surface area (Å²) in [6.07, 6.45) is -14.9. The molecule has 4 rings (SSSR count). The molecule has 0 spiro atoms. The smallest absolute Gasteiger partial charge is 0.426 e. The molecule has 0 unspecified atom stereocenters. The Hall–Kier alpha value is -3.88. The van der Waals surface area contributed by atoms with E-state index in [1.807, 2.05) is 0 Å². The first-order chi connectivity index (χ1) is 20.1. The van der Waals surface area contributed by atoms with Gasteiger partial charge in [0, 0.05) is 25.0 Å². The molecule has 3 aromatic rings. The van der Waals surface area contributed by atoms with E-state index in [-0.39, 0.29) is 24.0 Å². The second-order valence-electron chi connectivity index (χ2n) is 10.2. The minimum Gasteiger partial charge on any atom is -0.426 e. The number of halogens is 7. The third-order valence-corrected chi connectivity index (χ3v) is 7.27. The average molecular weight is 617 g/mol. The highest BCUT2D eigenvalue weighted by atomic mass is 19.4. The Bertz CT molecular complexity index is 1410. The zero-order chi connectivity index (χ0) is 31.6. The maximum Gasteiger partial charge on any atom is 0.499 e. The van der Waals surface area contributed by atoms with Crippen molar-refractivity contribution in [3.63, 3.8) is 0 Å². The summed E-state index contributed by atoms with van der Waals surface area (Å²) >= 11 is 0. The van der Waals surface area contributed by atoms with Crippen molar-refractivity contribution in [1.29, 1.82) is 0 Å². The minimum atomic E-state index is -6.13. The minimum absolute atomic E-state index is 0.0288. The van der Waals surface area contributed by atoms with Gasteiger partial charge in [0.05, 0.1) is 17.7 Å². The summed E-state index contributed by atoms with van der Waals surface area (Å²) in [5.74, 6) is -3.95. The van der Waals surface area contributed by atoms with Gasteiger partial charge >= 0.3 is 18.3 Å². The van der Waals surface area contributed by atoms with Crippen molar-refractivity contribution in [2.24, 2.45) is 5.92 Å². The molecule has 1 saturated carbocycles. The van der Waals surface area contributed by atoms with Gasteiger partial charge in [-0.2, -0.15) is 22.0 Å². The maximum absolute atomic E-state index is 14.9. The van der Waals surface area contributed by atoms with Crippen molar-refractivity contribution in [2.45, 2.75) is 48.9 Å². The average Bonchev–Trinajstić information content (AvgIpc) is 3.20. The van der Waals surface area contributed by atoms with E-state index in [9.17, 15) is 50.8 Å². The molecule has 0 heterocycles. The molecule has 1 aliphatic carbocycles. The molecule has 3 aromatic carbocycles. The lowest BCUT2D eigenvalue weighted by Crippen LogP contribution is -2.55. The van der Waals surface area contributed by atoms with Gasteiger partial charge in [-0.15, -0.1) is 0 Å². The molecule has 0 saturated heterocycles. The second-order valence-corrected chi connectivity index (χ2v) is 10.2. The number of nitrogens with one attached hydrogen (secondary N) is 2. The van der Waals surface area contributed by atoms with Gasteiger partial charge < -0.3 is 30.7 Å². The molecule has 2 amide bonds. The van der Waals surface area contributed by atoms with Crippen molar-refractivity contribution in [2.75, 3.05) is 6.61 Å². The highest BCUT2D eigenvalue weighted by Gasteiger charge is 2.61. The first-order valence-electron chi connectivity index (χ1n) is 13.0. The summed E-state index contributed by atoms with van der Waals surface area (Å²) in [4.78, 5) is 13.5. The van der Waals surface area contributed by atoms with E-state index in [1.165, 1.54) is 12.1 Å². The van der Waals surface area contributed by atoms with Gasteiger partial charge in [0.15, 0.2) is 0 Å². The van der Waals surface area contributed by atoms with Crippen LogP contribution < -0.4 is 15.4 Å². The van der Waals surface area contributed by atoms with Crippen molar-refractivity contribution in [1.82, 2.24) is 10.6 Å². The number of amides is 2. The van der Waals surface area contributed by atoms with E-state index in [1.54, 1.807) is 30.3 Å². The number of aliphatic hydroxyl groups excluding tert-OH is 3. The van der Waals surface area contributed by atoms with E-state index in [4.69, 9.17) is 0 Å². The molecule has 0 radical (unpaired) electrons. The summed E-state index contributed by atoms with van der Waals surface area (Å²) in [7, 11) is 0. The highest BCUT2D eigenvalue weighted by Crippen LogP contribution is 2.40. The van der Waals surface area contributed by atoms with Gasteiger partial charge in [-0.05, 0) is 47.4 Å². The Balaban J connectivity index is 1.84. The predicted molar refractivity (Wildman–Crippen MR) is 138 cm³/mol.